The smallest absolute Gasteiger partial charge is 0.167 e. The number of benzene rings is 3. The SMILES string of the molecule is C=C/C(=C\C=C/C)C(=O)Cc1ccc(O)c(-c2cc(C)c(C(C)C/C=C(/C)Nc3ccc(CCCN4CCCC4)c(F)c3)c(CN=CCC)c2)c1. The molecule has 0 amide bonds. The van der Waals surface area contributed by atoms with Gasteiger partial charge in [0.15, 0.2) is 5.78 Å². The fraction of sp³-hybridized carbons (Fsp3) is 0.378. The Labute approximate surface area is 305 Å². The summed E-state index contributed by atoms with van der Waals surface area (Å²) in [6.07, 6.45) is 17.3. The molecule has 1 saturated heterocycles. The van der Waals surface area contributed by atoms with Crippen LogP contribution in [-0.2, 0) is 24.2 Å². The second-order valence-corrected chi connectivity index (χ2v) is 13.7. The maximum Gasteiger partial charge on any atom is 0.167 e. The summed E-state index contributed by atoms with van der Waals surface area (Å²) in [5.41, 5.74) is 8.91. The number of hydrogen-bond donors (Lipinski definition) is 2. The summed E-state index contributed by atoms with van der Waals surface area (Å²) in [5, 5.41) is 14.3. The molecule has 5 nitrogen and oxygen atoms in total. The highest BCUT2D eigenvalue weighted by Crippen LogP contribution is 2.36. The molecule has 0 saturated carbocycles. The first-order valence-corrected chi connectivity index (χ1v) is 18.5. The van der Waals surface area contributed by atoms with Crippen molar-refractivity contribution in [2.45, 2.75) is 92.0 Å². The molecule has 0 spiro atoms. The number of allylic oxidation sites excluding steroid dienone is 7. The van der Waals surface area contributed by atoms with Crippen molar-refractivity contribution in [3.8, 4) is 16.9 Å². The Balaban J connectivity index is 1.50. The molecule has 270 valence electrons. The van der Waals surface area contributed by atoms with Crippen molar-refractivity contribution in [2.75, 3.05) is 25.0 Å². The summed E-state index contributed by atoms with van der Waals surface area (Å²) in [5.74, 6) is 0.176. The third-order valence-electron chi connectivity index (χ3n) is 9.58. The zero-order chi connectivity index (χ0) is 36.8. The van der Waals surface area contributed by atoms with Gasteiger partial charge in [-0.2, -0.15) is 0 Å². The van der Waals surface area contributed by atoms with Crippen molar-refractivity contribution < 1.29 is 14.3 Å². The summed E-state index contributed by atoms with van der Waals surface area (Å²) in [4.78, 5) is 20.2. The van der Waals surface area contributed by atoms with Gasteiger partial charge in [0.25, 0.3) is 0 Å². The van der Waals surface area contributed by atoms with E-state index in [4.69, 9.17) is 4.99 Å². The molecule has 2 N–H and O–H groups in total. The highest BCUT2D eigenvalue weighted by molar-refractivity contribution is 5.99. The average Bonchev–Trinajstić information content (AvgIpc) is 3.63. The lowest BCUT2D eigenvalue weighted by atomic mass is 9.86. The van der Waals surface area contributed by atoms with Gasteiger partial charge in [-0.3, -0.25) is 9.79 Å². The van der Waals surface area contributed by atoms with E-state index in [-0.39, 0.29) is 29.7 Å². The number of ketones is 1. The Kier molecular flexibility index (Phi) is 15.2. The van der Waals surface area contributed by atoms with Crippen LogP contribution in [0.1, 0.15) is 93.5 Å². The molecule has 1 aliphatic heterocycles. The number of halogens is 1. The molecule has 1 atom stereocenters. The first-order valence-electron chi connectivity index (χ1n) is 18.5. The first-order chi connectivity index (χ1) is 24.6. The summed E-state index contributed by atoms with van der Waals surface area (Å²) in [6.45, 7) is 18.0. The van der Waals surface area contributed by atoms with E-state index in [9.17, 15) is 14.3 Å². The normalized spacial score (nSPS) is 14.9. The second-order valence-electron chi connectivity index (χ2n) is 13.7. The third kappa shape index (κ3) is 11.5. The Hall–Kier alpha value is -4.55. The zero-order valence-electron chi connectivity index (χ0n) is 31.3. The lowest BCUT2D eigenvalue weighted by Crippen LogP contribution is -2.20. The minimum absolute atomic E-state index is 0.0297. The summed E-state index contributed by atoms with van der Waals surface area (Å²) >= 11 is 0. The third-order valence-corrected chi connectivity index (χ3v) is 9.58. The number of aryl methyl sites for hydroxylation is 2. The predicted molar refractivity (Wildman–Crippen MR) is 213 cm³/mol. The van der Waals surface area contributed by atoms with E-state index in [2.05, 4.69) is 55.8 Å². The number of nitrogens with one attached hydrogen (secondary N) is 1. The largest absolute Gasteiger partial charge is 0.507 e. The van der Waals surface area contributed by atoms with Gasteiger partial charge in [0, 0.05) is 28.9 Å². The Morgan fingerprint density at radius 3 is 2.61 bits per heavy atom. The molecule has 0 aliphatic carbocycles. The fourth-order valence-corrected chi connectivity index (χ4v) is 6.92. The number of anilines is 1. The van der Waals surface area contributed by atoms with Gasteiger partial charge in [-0.15, -0.1) is 0 Å². The molecule has 0 aromatic heterocycles. The summed E-state index contributed by atoms with van der Waals surface area (Å²) < 4.78 is 15.0. The molecule has 3 aromatic carbocycles. The van der Waals surface area contributed by atoms with Crippen LogP contribution in [0, 0.1) is 12.7 Å². The number of likely N-dealkylation sites (tertiary alicyclic amines) is 1. The molecule has 0 radical (unpaired) electrons. The van der Waals surface area contributed by atoms with Crippen LogP contribution in [0.15, 0.2) is 102 Å². The van der Waals surface area contributed by atoms with Crippen LogP contribution in [0.3, 0.4) is 0 Å². The highest BCUT2D eigenvalue weighted by Gasteiger charge is 2.18. The van der Waals surface area contributed by atoms with E-state index >= 15 is 0 Å². The molecule has 1 unspecified atom stereocenters. The first kappa shape index (κ1) is 39.2. The molecule has 0 bridgehead atoms. The number of carbonyl (C=O) groups is 1. The maximum atomic E-state index is 15.0. The van der Waals surface area contributed by atoms with E-state index in [1.54, 1.807) is 30.4 Å². The zero-order valence-corrected chi connectivity index (χ0v) is 31.3. The predicted octanol–water partition coefficient (Wildman–Crippen LogP) is 10.8. The maximum absolute atomic E-state index is 15.0. The van der Waals surface area contributed by atoms with Crippen LogP contribution in [0.5, 0.6) is 5.75 Å². The van der Waals surface area contributed by atoms with Gasteiger partial charge in [0.1, 0.15) is 11.6 Å². The van der Waals surface area contributed by atoms with E-state index in [1.807, 2.05) is 50.4 Å². The molecule has 1 heterocycles. The van der Waals surface area contributed by atoms with Gasteiger partial charge in [-0.1, -0.05) is 69.0 Å². The van der Waals surface area contributed by atoms with Crippen LogP contribution in [0.25, 0.3) is 11.1 Å². The number of hydrogen-bond acceptors (Lipinski definition) is 5. The van der Waals surface area contributed by atoms with Crippen molar-refractivity contribution in [3.05, 3.63) is 130 Å². The molecule has 1 aliphatic rings. The molecule has 51 heavy (non-hydrogen) atoms. The van der Waals surface area contributed by atoms with Crippen LogP contribution in [0.2, 0.25) is 0 Å². The quantitative estimate of drug-likeness (QED) is 0.0793. The van der Waals surface area contributed by atoms with Gasteiger partial charge in [0.2, 0.25) is 0 Å². The molecule has 1 fully saturated rings. The van der Waals surface area contributed by atoms with Gasteiger partial charge in [-0.25, -0.2) is 4.39 Å². The van der Waals surface area contributed by atoms with Gasteiger partial charge in [-0.05, 0) is 155 Å². The molecular formula is C45H56FN3O2. The number of rotatable bonds is 18. The Morgan fingerprint density at radius 1 is 1.12 bits per heavy atom. The van der Waals surface area contributed by atoms with E-state index in [0.717, 1.165) is 71.4 Å². The fourth-order valence-electron chi connectivity index (χ4n) is 6.92. The summed E-state index contributed by atoms with van der Waals surface area (Å²) in [7, 11) is 0. The average molecular weight is 690 g/mol. The minimum Gasteiger partial charge on any atom is -0.507 e. The van der Waals surface area contributed by atoms with E-state index in [1.165, 1.54) is 31.5 Å². The molecule has 6 heteroatoms. The second kappa shape index (κ2) is 19.7. The standard InChI is InChI=1S/C45H56FN3O2/c1-7-10-14-36(9-3)44(51)28-35-18-21-43(50)41(27-35)38-26-33(5)45(39(29-38)31-47-22-8-2)32(4)16-17-34(6)48-40-20-19-37(42(46)30-40)15-13-25-49-23-11-12-24-49/h7,9-10,14,17-22,26-27,29-30,32,48,50H,3,8,11-13,15-16,23-25,28,31H2,1-2,4-6H3/b10-7-,34-17-,36-14+,47-22?. The van der Waals surface area contributed by atoms with Crippen LogP contribution >= 0.6 is 0 Å². The van der Waals surface area contributed by atoms with Crippen LogP contribution in [-0.4, -0.2) is 41.6 Å². The van der Waals surface area contributed by atoms with Crippen molar-refractivity contribution in [1.29, 1.82) is 0 Å². The van der Waals surface area contributed by atoms with Crippen molar-refractivity contribution in [1.82, 2.24) is 4.90 Å². The lowest BCUT2D eigenvalue weighted by Gasteiger charge is -2.20. The Bertz CT molecular complexity index is 1780. The minimum atomic E-state index is -0.151. The van der Waals surface area contributed by atoms with E-state index < -0.39 is 0 Å². The number of nitrogens with zero attached hydrogens (tertiary/aromatic N) is 2. The van der Waals surface area contributed by atoms with Crippen molar-refractivity contribution >= 4 is 17.7 Å². The van der Waals surface area contributed by atoms with Crippen molar-refractivity contribution in [3.63, 3.8) is 0 Å². The lowest BCUT2D eigenvalue weighted by molar-refractivity contribution is -0.114. The number of Topliss-reactive ketones (excluding diaryl/α,β-unsaturated/α-hetero) is 1. The topological polar surface area (TPSA) is 64.9 Å². The number of phenolic OH excluding ortho intramolecular Hbond substituents is 1. The van der Waals surface area contributed by atoms with Gasteiger partial charge < -0.3 is 15.3 Å². The van der Waals surface area contributed by atoms with Crippen LogP contribution in [0.4, 0.5) is 10.1 Å². The van der Waals surface area contributed by atoms with Gasteiger partial charge >= 0.3 is 0 Å². The molecule has 4 rings (SSSR count). The Morgan fingerprint density at radius 2 is 1.90 bits per heavy atom. The monoisotopic (exact) mass is 689 g/mol. The molecular weight excluding hydrogens is 634 g/mol. The highest BCUT2D eigenvalue weighted by atomic mass is 19.1. The number of aliphatic imine (C=N–C) groups is 1. The number of phenols is 1. The number of aromatic hydroxyl groups is 1. The van der Waals surface area contributed by atoms with Gasteiger partial charge in [0.05, 0.1) is 6.54 Å². The van der Waals surface area contributed by atoms with Crippen LogP contribution < -0.4 is 5.32 Å². The van der Waals surface area contributed by atoms with E-state index in [0.29, 0.717) is 17.7 Å². The summed E-state index contributed by atoms with van der Waals surface area (Å²) in [6, 6.07) is 15.1. The number of carbonyl (C=O) groups excluding carboxylic acids is 1. The molecule has 3 aromatic rings. The van der Waals surface area contributed by atoms with Crippen molar-refractivity contribution in [2.24, 2.45) is 4.99 Å².